The SMILES string of the molecule is COc1ccc(CN(C)CC2CCOCC2)c(OC[C@@H](O)CN2CCCC2)c1. The van der Waals surface area contributed by atoms with E-state index >= 15 is 0 Å². The van der Waals surface area contributed by atoms with Gasteiger partial charge in [-0.05, 0) is 57.8 Å². The quantitative estimate of drug-likeness (QED) is 0.660. The van der Waals surface area contributed by atoms with Crippen LogP contribution in [0.4, 0.5) is 0 Å². The van der Waals surface area contributed by atoms with Crippen LogP contribution in [0.1, 0.15) is 31.2 Å². The molecule has 1 atom stereocenters. The zero-order valence-corrected chi connectivity index (χ0v) is 17.4. The van der Waals surface area contributed by atoms with Gasteiger partial charge in [-0.3, -0.25) is 0 Å². The van der Waals surface area contributed by atoms with Gasteiger partial charge in [-0.2, -0.15) is 0 Å². The molecule has 0 aromatic heterocycles. The molecule has 3 rings (SSSR count). The van der Waals surface area contributed by atoms with Crippen molar-refractivity contribution in [3.8, 4) is 11.5 Å². The highest BCUT2D eigenvalue weighted by atomic mass is 16.5. The highest BCUT2D eigenvalue weighted by molar-refractivity contribution is 5.40. The van der Waals surface area contributed by atoms with Crippen molar-refractivity contribution in [3.05, 3.63) is 23.8 Å². The molecule has 2 aliphatic heterocycles. The summed E-state index contributed by atoms with van der Waals surface area (Å²) in [4.78, 5) is 4.66. The first kappa shape index (κ1) is 21.4. The van der Waals surface area contributed by atoms with Crippen LogP contribution < -0.4 is 9.47 Å². The summed E-state index contributed by atoms with van der Waals surface area (Å²) in [5.74, 6) is 2.28. The second kappa shape index (κ2) is 11.0. The Kier molecular flexibility index (Phi) is 8.40. The van der Waals surface area contributed by atoms with Gasteiger partial charge in [0.2, 0.25) is 0 Å². The number of methoxy groups -OCH3 is 1. The predicted molar refractivity (Wildman–Crippen MR) is 110 cm³/mol. The Hall–Kier alpha value is -1.34. The summed E-state index contributed by atoms with van der Waals surface area (Å²) in [6.45, 7) is 6.79. The second-order valence-electron chi connectivity index (χ2n) is 8.20. The molecule has 0 spiro atoms. The number of benzene rings is 1. The van der Waals surface area contributed by atoms with E-state index in [1.54, 1.807) is 7.11 Å². The minimum Gasteiger partial charge on any atom is -0.497 e. The lowest BCUT2D eigenvalue weighted by Gasteiger charge is -2.27. The van der Waals surface area contributed by atoms with E-state index in [0.29, 0.717) is 19.1 Å². The Bertz CT molecular complexity index is 586. The molecule has 28 heavy (non-hydrogen) atoms. The molecular weight excluding hydrogens is 356 g/mol. The molecule has 0 radical (unpaired) electrons. The van der Waals surface area contributed by atoms with E-state index in [-0.39, 0.29) is 0 Å². The monoisotopic (exact) mass is 392 g/mol. The van der Waals surface area contributed by atoms with Crippen LogP contribution in [-0.2, 0) is 11.3 Å². The largest absolute Gasteiger partial charge is 0.497 e. The number of hydrogen-bond acceptors (Lipinski definition) is 6. The third-order valence-corrected chi connectivity index (χ3v) is 5.72. The van der Waals surface area contributed by atoms with Crippen LogP contribution in [0, 0.1) is 5.92 Å². The molecule has 1 N–H and O–H groups in total. The maximum Gasteiger partial charge on any atom is 0.127 e. The van der Waals surface area contributed by atoms with Gasteiger partial charge in [0.05, 0.1) is 7.11 Å². The van der Waals surface area contributed by atoms with Crippen LogP contribution in [0.25, 0.3) is 0 Å². The van der Waals surface area contributed by atoms with Crippen LogP contribution in [0.3, 0.4) is 0 Å². The summed E-state index contributed by atoms with van der Waals surface area (Å²) >= 11 is 0. The van der Waals surface area contributed by atoms with E-state index in [1.807, 2.05) is 12.1 Å². The van der Waals surface area contributed by atoms with Gasteiger partial charge in [0.15, 0.2) is 0 Å². The maximum absolute atomic E-state index is 10.4. The molecule has 1 aromatic carbocycles. The summed E-state index contributed by atoms with van der Waals surface area (Å²) in [5, 5.41) is 10.4. The Morgan fingerprint density at radius 3 is 2.71 bits per heavy atom. The number of β-amino-alcohol motifs (C(OH)–C–C–N with tert-alkyl or cyclic N) is 1. The topological polar surface area (TPSA) is 54.4 Å². The normalized spacial score (nSPS) is 19.9. The lowest BCUT2D eigenvalue weighted by atomic mass is 9.99. The van der Waals surface area contributed by atoms with Crippen molar-refractivity contribution in [1.82, 2.24) is 9.80 Å². The number of ether oxygens (including phenoxy) is 3. The first-order valence-electron chi connectivity index (χ1n) is 10.6. The zero-order chi connectivity index (χ0) is 19.8. The Balaban J connectivity index is 1.55. The minimum absolute atomic E-state index is 0.306. The molecule has 6 nitrogen and oxygen atoms in total. The second-order valence-corrected chi connectivity index (χ2v) is 8.20. The smallest absolute Gasteiger partial charge is 0.127 e. The van der Waals surface area contributed by atoms with Gasteiger partial charge in [-0.1, -0.05) is 6.07 Å². The molecule has 2 heterocycles. The van der Waals surface area contributed by atoms with Crippen molar-refractivity contribution in [1.29, 1.82) is 0 Å². The van der Waals surface area contributed by atoms with Gasteiger partial charge in [0.1, 0.15) is 24.2 Å². The summed E-state index contributed by atoms with van der Waals surface area (Å²) in [6.07, 6.45) is 4.26. The third-order valence-electron chi connectivity index (χ3n) is 5.72. The molecule has 0 bridgehead atoms. The maximum atomic E-state index is 10.4. The summed E-state index contributed by atoms with van der Waals surface area (Å²) in [6, 6.07) is 5.98. The molecule has 2 saturated heterocycles. The third kappa shape index (κ3) is 6.62. The fourth-order valence-electron chi connectivity index (χ4n) is 4.15. The van der Waals surface area contributed by atoms with Gasteiger partial charge < -0.3 is 29.1 Å². The van der Waals surface area contributed by atoms with Gasteiger partial charge in [-0.25, -0.2) is 0 Å². The minimum atomic E-state index is -0.475. The van der Waals surface area contributed by atoms with Gasteiger partial charge in [-0.15, -0.1) is 0 Å². The van der Waals surface area contributed by atoms with Crippen molar-refractivity contribution in [2.45, 2.75) is 38.3 Å². The van der Waals surface area contributed by atoms with Crippen LogP contribution in [0.5, 0.6) is 11.5 Å². The van der Waals surface area contributed by atoms with Crippen LogP contribution >= 0.6 is 0 Å². The summed E-state index contributed by atoms with van der Waals surface area (Å²) < 4.78 is 16.9. The van der Waals surface area contributed by atoms with E-state index in [1.165, 1.54) is 12.8 Å². The van der Waals surface area contributed by atoms with Gasteiger partial charge >= 0.3 is 0 Å². The average molecular weight is 393 g/mol. The highest BCUT2D eigenvalue weighted by Gasteiger charge is 2.19. The number of aliphatic hydroxyl groups excluding tert-OH is 1. The number of aliphatic hydroxyl groups is 1. The number of rotatable bonds is 10. The summed E-state index contributed by atoms with van der Waals surface area (Å²) in [5.41, 5.74) is 1.13. The fourth-order valence-corrected chi connectivity index (χ4v) is 4.15. The molecule has 2 aliphatic rings. The number of likely N-dealkylation sites (tertiary alicyclic amines) is 1. The number of hydrogen-bond donors (Lipinski definition) is 1. The molecule has 1 aromatic rings. The van der Waals surface area contributed by atoms with Crippen molar-refractivity contribution < 1.29 is 19.3 Å². The summed E-state index contributed by atoms with van der Waals surface area (Å²) in [7, 11) is 3.82. The van der Waals surface area contributed by atoms with Gasteiger partial charge in [0.25, 0.3) is 0 Å². The lowest BCUT2D eigenvalue weighted by Crippen LogP contribution is -2.34. The van der Waals surface area contributed by atoms with E-state index in [4.69, 9.17) is 14.2 Å². The molecule has 0 aliphatic carbocycles. The van der Waals surface area contributed by atoms with Crippen LogP contribution in [0.2, 0.25) is 0 Å². The predicted octanol–water partition coefficient (Wildman–Crippen LogP) is 2.39. The zero-order valence-electron chi connectivity index (χ0n) is 17.4. The molecule has 0 amide bonds. The van der Waals surface area contributed by atoms with Crippen LogP contribution in [0.15, 0.2) is 18.2 Å². The molecule has 0 saturated carbocycles. The molecule has 6 heteroatoms. The molecular formula is C22H36N2O4. The van der Waals surface area contributed by atoms with Crippen molar-refractivity contribution in [2.24, 2.45) is 5.92 Å². The first-order chi connectivity index (χ1) is 13.6. The van der Waals surface area contributed by atoms with E-state index < -0.39 is 6.10 Å². The Morgan fingerprint density at radius 1 is 1.25 bits per heavy atom. The van der Waals surface area contributed by atoms with Gasteiger partial charge in [0, 0.05) is 44.5 Å². The lowest BCUT2D eigenvalue weighted by molar-refractivity contribution is 0.0546. The molecule has 2 fully saturated rings. The van der Waals surface area contributed by atoms with E-state index in [9.17, 15) is 5.11 Å². The van der Waals surface area contributed by atoms with E-state index in [2.05, 4.69) is 22.9 Å². The fraction of sp³-hybridized carbons (Fsp3) is 0.727. The van der Waals surface area contributed by atoms with Crippen molar-refractivity contribution >= 4 is 0 Å². The Labute approximate surface area is 169 Å². The van der Waals surface area contributed by atoms with E-state index in [0.717, 1.165) is 69.3 Å². The molecule has 0 unspecified atom stereocenters. The first-order valence-corrected chi connectivity index (χ1v) is 10.6. The standard InChI is InChI=1S/C22H36N2O4/c1-23(14-18-7-11-27-12-8-18)15-19-5-6-21(26-2)13-22(19)28-17-20(25)16-24-9-3-4-10-24/h5-6,13,18,20,25H,3-4,7-12,14-17H2,1-2H3/t20-/m0/s1. The highest BCUT2D eigenvalue weighted by Crippen LogP contribution is 2.27. The van der Waals surface area contributed by atoms with Crippen molar-refractivity contribution in [3.63, 3.8) is 0 Å². The van der Waals surface area contributed by atoms with Crippen molar-refractivity contribution in [2.75, 3.05) is 60.2 Å². The average Bonchev–Trinajstić information content (AvgIpc) is 3.21. The molecule has 158 valence electrons. The number of nitrogens with zero attached hydrogens (tertiary/aromatic N) is 2. The Morgan fingerprint density at radius 2 is 2.00 bits per heavy atom. The van der Waals surface area contributed by atoms with Crippen LogP contribution in [-0.4, -0.2) is 81.2 Å².